The number of ketones is 1. The van der Waals surface area contributed by atoms with Crippen LogP contribution in [0.15, 0.2) is 64.1 Å². The molecule has 20 heavy (non-hydrogen) atoms. The van der Waals surface area contributed by atoms with Crippen LogP contribution in [0.5, 0.6) is 0 Å². The lowest BCUT2D eigenvalue weighted by atomic mass is 10.1. The van der Waals surface area contributed by atoms with E-state index >= 15 is 0 Å². The van der Waals surface area contributed by atoms with E-state index in [1.807, 2.05) is 46.6 Å². The molecular formula is C16H12BrNOS. The lowest BCUT2D eigenvalue weighted by molar-refractivity contribution is 0.101. The average Bonchev–Trinajstić information content (AvgIpc) is 2.78. The maximum Gasteiger partial charge on any atom is 0.161 e. The fraction of sp³-hybridized carbons (Fsp3) is 0.0625. The molecule has 0 saturated carbocycles. The SMILES string of the molecule is CC(=O)c1cn(Sc2ccccc2)c2ccc(Br)cc12. The third-order valence-electron chi connectivity index (χ3n) is 3.06. The van der Waals surface area contributed by atoms with Crippen molar-refractivity contribution in [1.82, 2.24) is 3.97 Å². The van der Waals surface area contributed by atoms with Gasteiger partial charge in [0, 0.05) is 26.5 Å². The van der Waals surface area contributed by atoms with Crippen molar-refractivity contribution < 1.29 is 4.79 Å². The Balaban J connectivity index is 2.14. The molecule has 0 N–H and O–H groups in total. The van der Waals surface area contributed by atoms with E-state index in [0.29, 0.717) is 0 Å². The summed E-state index contributed by atoms with van der Waals surface area (Å²) in [5.74, 6) is 0.0838. The van der Waals surface area contributed by atoms with Gasteiger partial charge in [0.05, 0.1) is 5.52 Å². The number of benzene rings is 2. The highest BCUT2D eigenvalue weighted by Gasteiger charge is 2.13. The summed E-state index contributed by atoms with van der Waals surface area (Å²) in [5.41, 5.74) is 1.80. The molecule has 0 aliphatic heterocycles. The van der Waals surface area contributed by atoms with E-state index in [0.717, 1.165) is 25.8 Å². The Morgan fingerprint density at radius 2 is 1.90 bits per heavy atom. The van der Waals surface area contributed by atoms with Gasteiger partial charge in [0.1, 0.15) is 0 Å². The van der Waals surface area contributed by atoms with Gasteiger partial charge in [-0.05, 0) is 49.2 Å². The van der Waals surface area contributed by atoms with Crippen LogP contribution in [0.25, 0.3) is 10.9 Å². The molecule has 0 bridgehead atoms. The molecule has 1 heterocycles. The first-order chi connectivity index (χ1) is 9.65. The van der Waals surface area contributed by atoms with Crippen molar-refractivity contribution in [3.63, 3.8) is 0 Å². The van der Waals surface area contributed by atoms with Crippen molar-refractivity contribution in [3.8, 4) is 0 Å². The first kappa shape index (κ1) is 13.5. The minimum atomic E-state index is 0.0838. The highest BCUT2D eigenvalue weighted by atomic mass is 79.9. The largest absolute Gasteiger partial charge is 0.294 e. The molecule has 2 nitrogen and oxygen atoms in total. The number of halogens is 1. The number of hydrogen-bond donors (Lipinski definition) is 0. The maximum atomic E-state index is 11.8. The molecule has 4 heteroatoms. The minimum absolute atomic E-state index is 0.0838. The van der Waals surface area contributed by atoms with Crippen LogP contribution >= 0.6 is 27.9 Å². The maximum absolute atomic E-state index is 11.8. The third-order valence-corrected chi connectivity index (χ3v) is 4.53. The van der Waals surface area contributed by atoms with E-state index < -0.39 is 0 Å². The molecular weight excluding hydrogens is 334 g/mol. The zero-order valence-corrected chi connectivity index (χ0v) is 13.2. The number of fused-ring (bicyclic) bond motifs is 1. The molecule has 0 atom stereocenters. The Kier molecular flexibility index (Phi) is 3.68. The second-order valence-corrected chi connectivity index (χ2v) is 6.45. The Bertz CT molecular complexity index is 780. The molecule has 3 rings (SSSR count). The van der Waals surface area contributed by atoms with Crippen LogP contribution in [0.2, 0.25) is 0 Å². The Labute approximate surface area is 130 Å². The van der Waals surface area contributed by atoms with Gasteiger partial charge in [0.25, 0.3) is 0 Å². The number of aromatic nitrogens is 1. The molecule has 0 aliphatic carbocycles. The molecule has 0 saturated heterocycles. The van der Waals surface area contributed by atoms with Crippen molar-refractivity contribution in [2.45, 2.75) is 11.8 Å². The normalized spacial score (nSPS) is 10.9. The van der Waals surface area contributed by atoms with Gasteiger partial charge in [-0.2, -0.15) is 0 Å². The standard InChI is InChI=1S/C16H12BrNOS/c1-11(19)15-10-18(20-13-5-3-2-4-6-13)16-8-7-12(17)9-14(15)16/h2-10H,1H3. The smallest absolute Gasteiger partial charge is 0.161 e. The highest BCUT2D eigenvalue weighted by Crippen LogP contribution is 2.31. The van der Waals surface area contributed by atoms with E-state index in [9.17, 15) is 4.79 Å². The summed E-state index contributed by atoms with van der Waals surface area (Å²) in [6.45, 7) is 1.60. The van der Waals surface area contributed by atoms with Crippen LogP contribution in [0.4, 0.5) is 0 Å². The summed E-state index contributed by atoms with van der Waals surface area (Å²) >= 11 is 5.07. The van der Waals surface area contributed by atoms with Crippen LogP contribution < -0.4 is 0 Å². The summed E-state index contributed by atoms with van der Waals surface area (Å²) in [6, 6.07) is 16.2. The van der Waals surface area contributed by atoms with Crippen LogP contribution in [-0.4, -0.2) is 9.76 Å². The van der Waals surface area contributed by atoms with Gasteiger partial charge in [-0.1, -0.05) is 34.1 Å². The van der Waals surface area contributed by atoms with Crippen LogP contribution in [-0.2, 0) is 0 Å². The fourth-order valence-electron chi connectivity index (χ4n) is 2.12. The number of carbonyl (C=O) groups excluding carboxylic acids is 1. The van der Waals surface area contributed by atoms with E-state index in [-0.39, 0.29) is 5.78 Å². The molecule has 3 aromatic rings. The number of carbonyl (C=O) groups is 1. The number of hydrogen-bond acceptors (Lipinski definition) is 2. The topological polar surface area (TPSA) is 22.0 Å². The number of nitrogens with zero attached hydrogens (tertiary/aromatic N) is 1. The molecule has 2 aromatic carbocycles. The Hall–Kier alpha value is -1.52. The Morgan fingerprint density at radius 1 is 1.15 bits per heavy atom. The molecule has 1 aromatic heterocycles. The summed E-state index contributed by atoms with van der Waals surface area (Å²) in [6.07, 6.45) is 1.91. The number of rotatable bonds is 3. The van der Waals surface area contributed by atoms with Gasteiger partial charge in [-0.15, -0.1) is 0 Å². The average molecular weight is 346 g/mol. The molecule has 0 fully saturated rings. The lowest BCUT2D eigenvalue weighted by Crippen LogP contribution is -1.89. The van der Waals surface area contributed by atoms with Crippen molar-refractivity contribution >= 4 is 44.6 Å². The first-order valence-electron chi connectivity index (χ1n) is 6.20. The molecule has 0 aliphatic rings. The second kappa shape index (κ2) is 5.46. The second-order valence-electron chi connectivity index (χ2n) is 4.49. The van der Waals surface area contributed by atoms with Crippen molar-refractivity contribution in [2.75, 3.05) is 0 Å². The predicted octanol–water partition coefficient (Wildman–Crippen LogP) is 5.16. The van der Waals surface area contributed by atoms with E-state index in [1.165, 1.54) is 0 Å². The zero-order valence-electron chi connectivity index (χ0n) is 10.8. The predicted molar refractivity (Wildman–Crippen MR) is 87.3 cm³/mol. The summed E-state index contributed by atoms with van der Waals surface area (Å²) in [7, 11) is 0. The fourth-order valence-corrected chi connectivity index (χ4v) is 3.41. The quantitative estimate of drug-likeness (QED) is 0.611. The van der Waals surface area contributed by atoms with E-state index in [1.54, 1.807) is 18.9 Å². The molecule has 0 unspecified atom stereocenters. The first-order valence-corrected chi connectivity index (χ1v) is 7.77. The van der Waals surface area contributed by atoms with Gasteiger partial charge >= 0.3 is 0 Å². The van der Waals surface area contributed by atoms with E-state index in [4.69, 9.17) is 0 Å². The number of Topliss-reactive ketones (excluding diaryl/α,β-unsaturated/α-hetero) is 1. The van der Waals surface area contributed by atoms with Gasteiger partial charge in [0.15, 0.2) is 5.78 Å². The molecule has 100 valence electrons. The summed E-state index contributed by atoms with van der Waals surface area (Å²) in [5, 5.41) is 0.982. The summed E-state index contributed by atoms with van der Waals surface area (Å²) in [4.78, 5) is 12.9. The highest BCUT2D eigenvalue weighted by molar-refractivity contribution is 9.10. The Morgan fingerprint density at radius 3 is 2.60 bits per heavy atom. The minimum Gasteiger partial charge on any atom is -0.294 e. The van der Waals surface area contributed by atoms with E-state index in [2.05, 4.69) is 28.1 Å². The van der Waals surface area contributed by atoms with Crippen molar-refractivity contribution in [3.05, 3.63) is 64.8 Å². The van der Waals surface area contributed by atoms with Gasteiger partial charge in [0.2, 0.25) is 0 Å². The third kappa shape index (κ3) is 2.53. The summed E-state index contributed by atoms with van der Waals surface area (Å²) < 4.78 is 3.03. The van der Waals surface area contributed by atoms with Crippen LogP contribution in [0.1, 0.15) is 17.3 Å². The molecule has 0 radical (unpaired) electrons. The lowest BCUT2D eigenvalue weighted by Gasteiger charge is -2.03. The van der Waals surface area contributed by atoms with Crippen molar-refractivity contribution in [1.29, 1.82) is 0 Å². The zero-order chi connectivity index (χ0) is 14.1. The monoisotopic (exact) mass is 345 g/mol. The molecule has 0 amide bonds. The molecule has 0 spiro atoms. The van der Waals surface area contributed by atoms with Gasteiger partial charge in [-0.25, -0.2) is 0 Å². The van der Waals surface area contributed by atoms with Crippen LogP contribution in [0.3, 0.4) is 0 Å². The van der Waals surface area contributed by atoms with Gasteiger partial charge < -0.3 is 0 Å². The van der Waals surface area contributed by atoms with Crippen molar-refractivity contribution in [2.24, 2.45) is 0 Å². The van der Waals surface area contributed by atoms with Crippen LogP contribution in [0, 0.1) is 0 Å². The van der Waals surface area contributed by atoms with Gasteiger partial charge in [-0.3, -0.25) is 8.77 Å².